The number of nitrogens with one attached hydrogen (secondary N) is 1. The van der Waals surface area contributed by atoms with Gasteiger partial charge in [0.05, 0.1) is 23.6 Å². The predicted octanol–water partition coefficient (Wildman–Crippen LogP) is 1.20. The fraction of sp³-hybridized carbons (Fsp3) is 0.333. The molecule has 134 valence electrons. The third kappa shape index (κ3) is 3.05. The van der Waals surface area contributed by atoms with E-state index < -0.39 is 0 Å². The first-order valence-electron chi connectivity index (χ1n) is 8.58. The average molecular weight is 351 g/mol. The molecule has 0 saturated carbocycles. The van der Waals surface area contributed by atoms with Crippen LogP contribution in [0.25, 0.3) is 5.52 Å². The Morgan fingerprint density at radius 1 is 1.23 bits per heavy atom. The maximum atomic E-state index is 12.4. The van der Waals surface area contributed by atoms with E-state index in [0.717, 1.165) is 36.5 Å². The molecule has 0 aromatic carbocycles. The molecule has 3 aromatic rings. The summed E-state index contributed by atoms with van der Waals surface area (Å²) in [7, 11) is 3.82. The van der Waals surface area contributed by atoms with Crippen molar-refractivity contribution < 1.29 is 4.79 Å². The topological polar surface area (TPSA) is 78.7 Å². The van der Waals surface area contributed by atoms with Crippen LogP contribution in [0.5, 0.6) is 0 Å². The lowest BCUT2D eigenvalue weighted by atomic mass is 10.2. The van der Waals surface area contributed by atoms with E-state index in [1.165, 1.54) is 0 Å². The van der Waals surface area contributed by atoms with Gasteiger partial charge in [-0.2, -0.15) is 0 Å². The summed E-state index contributed by atoms with van der Waals surface area (Å²) < 4.78 is 2.05. The lowest BCUT2D eigenvalue weighted by Gasteiger charge is -2.19. The number of aromatic nitrogens is 4. The van der Waals surface area contributed by atoms with E-state index in [1.807, 2.05) is 47.9 Å². The van der Waals surface area contributed by atoms with Crippen LogP contribution in [0.2, 0.25) is 0 Å². The normalized spacial score (nSPS) is 16.8. The molecular formula is C18H21N7O. The van der Waals surface area contributed by atoms with E-state index in [2.05, 4.69) is 25.2 Å². The molecule has 8 nitrogen and oxygen atoms in total. The van der Waals surface area contributed by atoms with Crippen molar-refractivity contribution in [3.05, 3.63) is 48.9 Å². The van der Waals surface area contributed by atoms with Gasteiger partial charge in [0.1, 0.15) is 0 Å². The van der Waals surface area contributed by atoms with Gasteiger partial charge in [-0.15, -0.1) is 0 Å². The highest BCUT2D eigenvalue weighted by molar-refractivity contribution is 5.90. The van der Waals surface area contributed by atoms with Gasteiger partial charge in [0.2, 0.25) is 5.82 Å². The van der Waals surface area contributed by atoms with Crippen LogP contribution in [-0.2, 0) is 0 Å². The lowest BCUT2D eigenvalue weighted by molar-refractivity contribution is 0.0930. The maximum Gasteiger partial charge on any atom is 0.289 e. The third-order valence-corrected chi connectivity index (χ3v) is 4.61. The molecule has 1 amide bonds. The number of hydrogen-bond donors (Lipinski definition) is 1. The Hall–Kier alpha value is -3.16. The molecular weight excluding hydrogens is 330 g/mol. The predicted molar refractivity (Wildman–Crippen MR) is 99.6 cm³/mol. The standard InChI is InChI=1S/C18H21N7O/c1-23(2)14-10-20-16(21-11-14)18(26)22-13-5-8-25(12-13)17-15-4-3-7-24(15)9-6-19-17/h3-4,6-7,9-11,13H,5,8,12H2,1-2H3,(H,22,26). The summed E-state index contributed by atoms with van der Waals surface area (Å²) in [4.78, 5) is 29.3. The highest BCUT2D eigenvalue weighted by Crippen LogP contribution is 2.23. The number of amides is 1. The van der Waals surface area contributed by atoms with Gasteiger partial charge in [-0.05, 0) is 18.6 Å². The van der Waals surface area contributed by atoms with Crippen molar-refractivity contribution in [1.82, 2.24) is 24.7 Å². The molecule has 1 aliphatic heterocycles. The van der Waals surface area contributed by atoms with Gasteiger partial charge in [-0.25, -0.2) is 15.0 Å². The van der Waals surface area contributed by atoms with Crippen molar-refractivity contribution in [1.29, 1.82) is 0 Å². The van der Waals surface area contributed by atoms with Gasteiger partial charge >= 0.3 is 0 Å². The summed E-state index contributed by atoms with van der Waals surface area (Å²) >= 11 is 0. The average Bonchev–Trinajstić information content (AvgIpc) is 3.30. The second-order valence-corrected chi connectivity index (χ2v) is 6.62. The van der Waals surface area contributed by atoms with Gasteiger partial charge in [0.25, 0.3) is 5.91 Å². The summed E-state index contributed by atoms with van der Waals surface area (Å²) in [6.07, 6.45) is 9.91. The van der Waals surface area contributed by atoms with Crippen LogP contribution in [0.1, 0.15) is 17.0 Å². The van der Waals surface area contributed by atoms with Gasteiger partial charge < -0.3 is 19.5 Å². The SMILES string of the molecule is CN(C)c1cnc(C(=O)NC2CCN(c3nccn4cccc34)C2)nc1. The fourth-order valence-electron chi connectivity index (χ4n) is 3.19. The number of anilines is 2. The molecule has 1 atom stereocenters. The van der Waals surface area contributed by atoms with Crippen LogP contribution >= 0.6 is 0 Å². The zero-order chi connectivity index (χ0) is 18.1. The molecule has 4 heterocycles. The van der Waals surface area contributed by atoms with Gasteiger partial charge in [-0.1, -0.05) is 0 Å². The molecule has 0 bridgehead atoms. The van der Waals surface area contributed by atoms with Crippen LogP contribution in [0.15, 0.2) is 43.1 Å². The first-order valence-corrected chi connectivity index (χ1v) is 8.58. The summed E-state index contributed by atoms with van der Waals surface area (Å²) in [6.45, 7) is 1.57. The zero-order valence-corrected chi connectivity index (χ0v) is 14.8. The van der Waals surface area contributed by atoms with Crippen LogP contribution in [0.3, 0.4) is 0 Å². The van der Waals surface area contributed by atoms with Crippen molar-refractivity contribution in [2.45, 2.75) is 12.5 Å². The van der Waals surface area contributed by atoms with E-state index >= 15 is 0 Å². The Kier molecular flexibility index (Phi) is 4.16. The Morgan fingerprint density at radius 3 is 2.81 bits per heavy atom. The van der Waals surface area contributed by atoms with Crippen LogP contribution in [0, 0.1) is 0 Å². The van der Waals surface area contributed by atoms with E-state index in [9.17, 15) is 4.79 Å². The monoisotopic (exact) mass is 351 g/mol. The van der Waals surface area contributed by atoms with Gasteiger partial charge in [0, 0.05) is 51.8 Å². The van der Waals surface area contributed by atoms with Crippen LogP contribution in [0.4, 0.5) is 11.5 Å². The van der Waals surface area contributed by atoms with E-state index in [-0.39, 0.29) is 17.8 Å². The molecule has 1 fully saturated rings. The number of hydrogen-bond acceptors (Lipinski definition) is 6. The van der Waals surface area contributed by atoms with Crippen LogP contribution in [-0.4, -0.2) is 58.5 Å². The molecule has 0 aliphatic carbocycles. The van der Waals surface area contributed by atoms with Gasteiger partial charge in [0.15, 0.2) is 5.82 Å². The molecule has 0 radical (unpaired) electrons. The smallest absolute Gasteiger partial charge is 0.289 e. The zero-order valence-electron chi connectivity index (χ0n) is 14.8. The molecule has 1 N–H and O–H groups in total. The molecule has 26 heavy (non-hydrogen) atoms. The number of carbonyl (C=O) groups is 1. The molecule has 1 saturated heterocycles. The Morgan fingerprint density at radius 2 is 2.04 bits per heavy atom. The summed E-state index contributed by atoms with van der Waals surface area (Å²) in [5.41, 5.74) is 1.93. The van der Waals surface area contributed by atoms with E-state index in [4.69, 9.17) is 0 Å². The minimum absolute atomic E-state index is 0.0524. The van der Waals surface area contributed by atoms with Crippen molar-refractivity contribution in [3.8, 4) is 0 Å². The van der Waals surface area contributed by atoms with E-state index in [0.29, 0.717) is 0 Å². The maximum absolute atomic E-state index is 12.4. The molecule has 1 aliphatic rings. The second kappa shape index (κ2) is 6.62. The largest absolute Gasteiger partial charge is 0.375 e. The molecule has 3 aromatic heterocycles. The minimum Gasteiger partial charge on any atom is -0.375 e. The number of nitrogens with zero attached hydrogens (tertiary/aromatic N) is 6. The first kappa shape index (κ1) is 16.3. The highest BCUT2D eigenvalue weighted by atomic mass is 16.2. The van der Waals surface area contributed by atoms with Crippen molar-refractivity contribution in [2.24, 2.45) is 0 Å². The van der Waals surface area contributed by atoms with Crippen molar-refractivity contribution in [3.63, 3.8) is 0 Å². The lowest BCUT2D eigenvalue weighted by Crippen LogP contribution is -2.38. The number of fused-ring (bicyclic) bond motifs is 1. The Balaban J connectivity index is 1.42. The van der Waals surface area contributed by atoms with Crippen LogP contribution < -0.4 is 15.1 Å². The Bertz CT molecular complexity index is 919. The fourth-order valence-corrected chi connectivity index (χ4v) is 3.19. The molecule has 1 unspecified atom stereocenters. The number of rotatable bonds is 4. The summed E-state index contributed by atoms with van der Waals surface area (Å²) in [5, 5.41) is 3.03. The molecule has 4 rings (SSSR count). The molecule has 8 heteroatoms. The van der Waals surface area contributed by atoms with Gasteiger partial charge in [-0.3, -0.25) is 4.79 Å². The quantitative estimate of drug-likeness (QED) is 0.761. The Labute approximate surface area is 151 Å². The van der Waals surface area contributed by atoms with Crippen molar-refractivity contribution >= 4 is 22.9 Å². The highest BCUT2D eigenvalue weighted by Gasteiger charge is 2.27. The summed E-state index contributed by atoms with van der Waals surface area (Å²) in [5.74, 6) is 0.901. The minimum atomic E-state index is -0.240. The third-order valence-electron chi connectivity index (χ3n) is 4.61. The number of carbonyl (C=O) groups excluding carboxylic acids is 1. The second-order valence-electron chi connectivity index (χ2n) is 6.62. The molecule has 0 spiro atoms. The van der Waals surface area contributed by atoms with Crippen molar-refractivity contribution in [2.75, 3.05) is 37.0 Å². The van der Waals surface area contributed by atoms with E-state index in [1.54, 1.807) is 18.6 Å². The summed E-state index contributed by atoms with van der Waals surface area (Å²) in [6, 6.07) is 4.11. The first-order chi connectivity index (χ1) is 12.6.